The van der Waals surface area contributed by atoms with Crippen LogP contribution in [0, 0.1) is 5.92 Å². The van der Waals surface area contributed by atoms with E-state index in [1.165, 1.54) is 5.69 Å². The molecule has 0 saturated heterocycles. The van der Waals surface area contributed by atoms with Gasteiger partial charge in [-0.25, -0.2) is 9.50 Å². The first-order valence-corrected chi connectivity index (χ1v) is 9.77. The van der Waals surface area contributed by atoms with Crippen LogP contribution >= 0.6 is 0 Å². The summed E-state index contributed by atoms with van der Waals surface area (Å²) in [5, 5.41) is 7.40. The largest absolute Gasteiger partial charge is 0.497 e. The summed E-state index contributed by atoms with van der Waals surface area (Å²) in [7, 11) is 1.63. The van der Waals surface area contributed by atoms with E-state index in [0.29, 0.717) is 24.0 Å². The Bertz CT molecular complexity index is 947. The lowest BCUT2D eigenvalue weighted by atomic mass is 9.80. The van der Waals surface area contributed by atoms with E-state index in [1.807, 2.05) is 41.0 Å². The maximum atomic E-state index is 12.3. The van der Waals surface area contributed by atoms with E-state index in [2.05, 4.69) is 20.4 Å². The van der Waals surface area contributed by atoms with Crippen LogP contribution in [-0.2, 0) is 11.2 Å². The third-order valence-corrected chi connectivity index (χ3v) is 5.56. The van der Waals surface area contributed by atoms with Gasteiger partial charge in [0.2, 0.25) is 5.91 Å². The summed E-state index contributed by atoms with van der Waals surface area (Å²) in [6, 6.07) is 9.70. The first-order valence-electron chi connectivity index (χ1n) is 9.77. The van der Waals surface area contributed by atoms with Gasteiger partial charge in [-0.15, -0.1) is 0 Å². The summed E-state index contributed by atoms with van der Waals surface area (Å²) in [5.74, 6) is 2.49. The molecule has 1 amide bonds. The number of carbonyl (C=O) groups excluding carboxylic acids is 1. The molecule has 7 heteroatoms. The highest BCUT2D eigenvalue weighted by atomic mass is 16.5. The van der Waals surface area contributed by atoms with Crippen molar-refractivity contribution >= 4 is 11.7 Å². The number of ether oxygens (including phenoxy) is 1. The number of fused-ring (bicyclic) bond motifs is 1. The molecule has 1 fully saturated rings. The van der Waals surface area contributed by atoms with E-state index in [9.17, 15) is 4.79 Å². The average Bonchev–Trinajstić information content (AvgIpc) is 3.22. The molecule has 1 saturated carbocycles. The summed E-state index contributed by atoms with van der Waals surface area (Å²) in [6.45, 7) is 0.741. The molecule has 0 bridgehead atoms. The molecule has 0 atom stereocenters. The van der Waals surface area contributed by atoms with Gasteiger partial charge in [0, 0.05) is 18.7 Å². The number of carbonyl (C=O) groups is 1. The quantitative estimate of drug-likeness (QED) is 0.712. The van der Waals surface area contributed by atoms with Crippen molar-refractivity contribution in [3.8, 4) is 5.75 Å². The number of hydrogen-bond acceptors (Lipinski definition) is 5. The molecule has 0 aliphatic heterocycles. The summed E-state index contributed by atoms with van der Waals surface area (Å²) >= 11 is 0. The van der Waals surface area contributed by atoms with Crippen LogP contribution in [0.15, 0.2) is 42.9 Å². The van der Waals surface area contributed by atoms with Crippen LogP contribution in [0.2, 0.25) is 0 Å². The van der Waals surface area contributed by atoms with E-state index in [-0.39, 0.29) is 5.91 Å². The minimum absolute atomic E-state index is 0.0637. The van der Waals surface area contributed by atoms with Gasteiger partial charge in [0.15, 0.2) is 0 Å². The zero-order valence-corrected chi connectivity index (χ0v) is 16.0. The number of methoxy groups -OCH3 is 1. The second kappa shape index (κ2) is 8.37. The Balaban J connectivity index is 1.26. The minimum Gasteiger partial charge on any atom is -0.497 e. The molecule has 4 rings (SSSR count). The molecule has 0 unspecified atom stereocenters. The Kier molecular flexibility index (Phi) is 5.50. The number of benzene rings is 1. The highest BCUT2D eigenvalue weighted by Crippen LogP contribution is 2.35. The van der Waals surface area contributed by atoms with Gasteiger partial charge in [0.1, 0.15) is 12.1 Å². The molecule has 28 heavy (non-hydrogen) atoms. The summed E-state index contributed by atoms with van der Waals surface area (Å²) in [6.07, 6.45) is 8.13. The van der Waals surface area contributed by atoms with Crippen LogP contribution in [0.25, 0.3) is 5.78 Å². The molecule has 1 aromatic carbocycles. The minimum atomic E-state index is 0.0637. The van der Waals surface area contributed by atoms with Crippen LogP contribution in [0.1, 0.15) is 42.9 Å². The second-order valence-corrected chi connectivity index (χ2v) is 7.39. The topological polar surface area (TPSA) is 81.4 Å². The van der Waals surface area contributed by atoms with Crippen molar-refractivity contribution in [2.45, 2.75) is 38.0 Å². The Morgan fingerprint density at radius 1 is 1.21 bits per heavy atom. The smallest absolute Gasteiger partial charge is 0.252 e. The molecule has 7 nitrogen and oxygen atoms in total. The van der Waals surface area contributed by atoms with E-state index in [4.69, 9.17) is 4.74 Å². The summed E-state index contributed by atoms with van der Waals surface area (Å²) in [4.78, 5) is 20.7. The van der Waals surface area contributed by atoms with Crippen molar-refractivity contribution in [1.82, 2.24) is 24.9 Å². The standard InChI is InChI=1S/C21H25N5O2/c1-28-18-4-2-3-16(11-18)12-20(27)23-13-15-5-7-17(8-6-15)19-9-10-22-21-24-14-25-26(19)21/h2-4,9-11,14-15,17H,5-8,12-13H2,1H3,(H,23,27). The van der Waals surface area contributed by atoms with E-state index in [0.717, 1.165) is 43.5 Å². The molecule has 2 aromatic heterocycles. The molecule has 0 spiro atoms. The van der Waals surface area contributed by atoms with Gasteiger partial charge in [-0.1, -0.05) is 12.1 Å². The molecule has 1 N–H and O–H groups in total. The molecule has 0 radical (unpaired) electrons. The zero-order valence-electron chi connectivity index (χ0n) is 16.0. The molecule has 1 aliphatic rings. The van der Waals surface area contributed by atoms with E-state index >= 15 is 0 Å². The highest BCUT2D eigenvalue weighted by Gasteiger charge is 2.24. The maximum absolute atomic E-state index is 12.3. The lowest BCUT2D eigenvalue weighted by Crippen LogP contribution is -2.32. The van der Waals surface area contributed by atoms with Crippen molar-refractivity contribution in [3.05, 3.63) is 54.1 Å². The van der Waals surface area contributed by atoms with Crippen LogP contribution in [0.3, 0.4) is 0 Å². The lowest BCUT2D eigenvalue weighted by molar-refractivity contribution is -0.120. The highest BCUT2D eigenvalue weighted by molar-refractivity contribution is 5.78. The number of nitrogens with zero attached hydrogens (tertiary/aromatic N) is 4. The predicted octanol–water partition coefficient (Wildman–Crippen LogP) is 2.77. The summed E-state index contributed by atoms with van der Waals surface area (Å²) < 4.78 is 7.06. The molecular formula is C21H25N5O2. The van der Waals surface area contributed by atoms with Crippen molar-refractivity contribution in [2.24, 2.45) is 5.92 Å². The molecule has 3 aromatic rings. The number of aromatic nitrogens is 4. The number of hydrogen-bond donors (Lipinski definition) is 1. The third-order valence-electron chi connectivity index (χ3n) is 5.56. The fraction of sp³-hybridized carbons (Fsp3) is 0.429. The Hall–Kier alpha value is -2.96. The maximum Gasteiger partial charge on any atom is 0.252 e. The van der Waals surface area contributed by atoms with Gasteiger partial charge < -0.3 is 10.1 Å². The van der Waals surface area contributed by atoms with Crippen molar-refractivity contribution in [2.75, 3.05) is 13.7 Å². The van der Waals surface area contributed by atoms with Gasteiger partial charge in [-0.05, 0) is 55.4 Å². The van der Waals surface area contributed by atoms with Gasteiger partial charge in [-0.3, -0.25) is 4.79 Å². The number of rotatable bonds is 6. The van der Waals surface area contributed by atoms with Gasteiger partial charge in [-0.2, -0.15) is 10.1 Å². The van der Waals surface area contributed by atoms with Gasteiger partial charge in [0.05, 0.1) is 19.2 Å². The molecule has 146 valence electrons. The Morgan fingerprint density at radius 2 is 2.07 bits per heavy atom. The van der Waals surface area contributed by atoms with Crippen molar-refractivity contribution in [3.63, 3.8) is 0 Å². The molecule has 2 heterocycles. The van der Waals surface area contributed by atoms with E-state index < -0.39 is 0 Å². The third kappa shape index (κ3) is 4.13. The average molecular weight is 379 g/mol. The lowest BCUT2D eigenvalue weighted by Gasteiger charge is -2.28. The van der Waals surface area contributed by atoms with Gasteiger partial charge >= 0.3 is 0 Å². The van der Waals surface area contributed by atoms with E-state index in [1.54, 1.807) is 13.4 Å². The molecular weight excluding hydrogens is 354 g/mol. The Labute approximate surface area is 164 Å². The van der Waals surface area contributed by atoms with Crippen LogP contribution in [0.4, 0.5) is 0 Å². The zero-order chi connectivity index (χ0) is 19.3. The Morgan fingerprint density at radius 3 is 2.89 bits per heavy atom. The monoisotopic (exact) mass is 379 g/mol. The second-order valence-electron chi connectivity index (χ2n) is 7.39. The fourth-order valence-corrected chi connectivity index (χ4v) is 4.02. The summed E-state index contributed by atoms with van der Waals surface area (Å²) in [5.41, 5.74) is 2.15. The van der Waals surface area contributed by atoms with Crippen molar-refractivity contribution < 1.29 is 9.53 Å². The molecule has 1 aliphatic carbocycles. The SMILES string of the molecule is COc1cccc(CC(=O)NCC2CCC(c3ccnc4ncnn34)CC2)c1. The van der Waals surface area contributed by atoms with Gasteiger partial charge in [0.25, 0.3) is 5.78 Å². The van der Waals surface area contributed by atoms with Crippen LogP contribution in [0.5, 0.6) is 5.75 Å². The predicted molar refractivity (Wildman–Crippen MR) is 105 cm³/mol. The van der Waals surface area contributed by atoms with Crippen LogP contribution in [-0.4, -0.2) is 39.1 Å². The number of amides is 1. The normalized spacial score (nSPS) is 19.5. The van der Waals surface area contributed by atoms with Crippen molar-refractivity contribution in [1.29, 1.82) is 0 Å². The first-order chi connectivity index (χ1) is 13.7. The van der Waals surface area contributed by atoms with Crippen LogP contribution < -0.4 is 10.1 Å². The number of nitrogens with one attached hydrogen (secondary N) is 1. The first kappa shape index (κ1) is 18.4. The fourth-order valence-electron chi connectivity index (χ4n) is 4.02.